The fraction of sp³-hybridized carbons (Fsp3) is 0.0909. The topological polar surface area (TPSA) is 80.2 Å². The van der Waals surface area contributed by atoms with E-state index in [4.69, 9.17) is 21.1 Å². The molecule has 3 aromatic rings. The molecule has 0 aliphatic carbocycles. The Balaban J connectivity index is 1.67. The Hall–Kier alpha value is -3.51. The highest BCUT2D eigenvalue weighted by atomic mass is 35.5. The standard InChI is InChI=1S/C22H19ClN2O4/c1-28-20-8-4-5-16(21(20)26)13-24-25-22(27)18-6-2-3-7-19(18)29-14-15-9-11-17(23)12-10-15/h2-13,26H,14H2,1H3,(H,25,27)/b24-13-. The fourth-order valence-electron chi connectivity index (χ4n) is 2.55. The van der Waals surface area contributed by atoms with Gasteiger partial charge in [-0.1, -0.05) is 41.9 Å². The van der Waals surface area contributed by atoms with Crippen LogP contribution in [0.1, 0.15) is 21.5 Å². The number of ether oxygens (including phenoxy) is 2. The molecule has 0 spiro atoms. The van der Waals surface area contributed by atoms with E-state index in [9.17, 15) is 9.90 Å². The number of nitrogens with one attached hydrogen (secondary N) is 1. The molecule has 6 nitrogen and oxygen atoms in total. The fourth-order valence-corrected chi connectivity index (χ4v) is 2.68. The van der Waals surface area contributed by atoms with Crippen LogP contribution in [-0.4, -0.2) is 24.3 Å². The summed E-state index contributed by atoms with van der Waals surface area (Å²) in [7, 11) is 1.46. The molecule has 3 aromatic carbocycles. The van der Waals surface area contributed by atoms with Crippen molar-refractivity contribution in [3.63, 3.8) is 0 Å². The lowest BCUT2D eigenvalue weighted by molar-refractivity contribution is 0.0950. The zero-order valence-electron chi connectivity index (χ0n) is 15.6. The molecule has 0 saturated heterocycles. The first-order chi connectivity index (χ1) is 14.1. The molecule has 0 radical (unpaired) electrons. The van der Waals surface area contributed by atoms with Crippen LogP contribution in [0.5, 0.6) is 17.2 Å². The third kappa shape index (κ3) is 5.27. The van der Waals surface area contributed by atoms with E-state index in [0.29, 0.717) is 34.3 Å². The quantitative estimate of drug-likeness (QED) is 0.447. The number of phenols is 1. The summed E-state index contributed by atoms with van der Waals surface area (Å²) < 4.78 is 10.8. The third-order valence-corrected chi connectivity index (χ3v) is 4.31. The van der Waals surface area contributed by atoms with Crippen molar-refractivity contribution in [1.29, 1.82) is 0 Å². The van der Waals surface area contributed by atoms with E-state index in [0.717, 1.165) is 5.56 Å². The predicted molar refractivity (Wildman–Crippen MR) is 112 cm³/mol. The SMILES string of the molecule is COc1cccc(/C=N\NC(=O)c2ccccc2OCc2ccc(Cl)cc2)c1O. The van der Waals surface area contributed by atoms with Crippen LogP contribution in [0.4, 0.5) is 0 Å². The number of carbonyl (C=O) groups is 1. The Morgan fingerprint density at radius 2 is 1.79 bits per heavy atom. The molecule has 7 heteroatoms. The summed E-state index contributed by atoms with van der Waals surface area (Å²) in [6.07, 6.45) is 1.34. The van der Waals surface area contributed by atoms with E-state index in [-0.39, 0.29) is 5.75 Å². The average molecular weight is 411 g/mol. The maximum Gasteiger partial charge on any atom is 0.275 e. The molecular formula is C22H19ClN2O4. The number of aromatic hydroxyl groups is 1. The number of amides is 1. The number of hydrogen-bond donors (Lipinski definition) is 2. The van der Waals surface area contributed by atoms with E-state index in [1.54, 1.807) is 54.6 Å². The minimum Gasteiger partial charge on any atom is -0.504 e. The van der Waals surface area contributed by atoms with Crippen LogP contribution in [0.25, 0.3) is 0 Å². The van der Waals surface area contributed by atoms with Gasteiger partial charge < -0.3 is 14.6 Å². The first-order valence-electron chi connectivity index (χ1n) is 8.74. The number of hydrogen-bond acceptors (Lipinski definition) is 5. The van der Waals surface area contributed by atoms with Crippen molar-refractivity contribution in [3.8, 4) is 17.2 Å². The second-order valence-corrected chi connectivity index (χ2v) is 6.44. The zero-order chi connectivity index (χ0) is 20.6. The van der Waals surface area contributed by atoms with Gasteiger partial charge in [0.05, 0.1) is 18.9 Å². The van der Waals surface area contributed by atoms with Gasteiger partial charge in [0.25, 0.3) is 5.91 Å². The molecule has 0 atom stereocenters. The van der Waals surface area contributed by atoms with Crippen molar-refractivity contribution in [2.45, 2.75) is 6.61 Å². The van der Waals surface area contributed by atoms with Gasteiger partial charge in [-0.05, 0) is 42.0 Å². The molecule has 0 heterocycles. The Morgan fingerprint density at radius 3 is 2.55 bits per heavy atom. The largest absolute Gasteiger partial charge is 0.504 e. The molecule has 0 fully saturated rings. The zero-order valence-corrected chi connectivity index (χ0v) is 16.4. The van der Waals surface area contributed by atoms with Gasteiger partial charge in [0, 0.05) is 10.6 Å². The summed E-state index contributed by atoms with van der Waals surface area (Å²) in [6, 6.07) is 19.1. The number of para-hydroxylation sites is 2. The molecule has 0 aliphatic rings. The molecule has 29 heavy (non-hydrogen) atoms. The van der Waals surface area contributed by atoms with Crippen molar-refractivity contribution in [2.75, 3.05) is 7.11 Å². The summed E-state index contributed by atoms with van der Waals surface area (Å²) in [5, 5.41) is 14.6. The molecule has 0 saturated carbocycles. The molecular weight excluding hydrogens is 392 g/mol. The number of methoxy groups -OCH3 is 1. The van der Waals surface area contributed by atoms with Crippen LogP contribution < -0.4 is 14.9 Å². The lowest BCUT2D eigenvalue weighted by atomic mass is 10.2. The Kier molecular flexibility index (Phi) is 6.71. The average Bonchev–Trinajstić information content (AvgIpc) is 2.74. The summed E-state index contributed by atoms with van der Waals surface area (Å²) in [5.41, 5.74) is 4.12. The lowest BCUT2D eigenvalue weighted by Gasteiger charge is -2.10. The molecule has 0 bridgehead atoms. The predicted octanol–water partition coefficient (Wildman–Crippen LogP) is 4.40. The highest BCUT2D eigenvalue weighted by Crippen LogP contribution is 2.28. The summed E-state index contributed by atoms with van der Waals surface area (Å²) in [5.74, 6) is 0.260. The summed E-state index contributed by atoms with van der Waals surface area (Å²) >= 11 is 5.89. The van der Waals surface area contributed by atoms with Gasteiger partial charge in [-0.2, -0.15) is 5.10 Å². The second kappa shape index (κ2) is 9.61. The molecule has 3 rings (SSSR count). The number of hydrazone groups is 1. The Labute approximate surface area is 173 Å². The Morgan fingerprint density at radius 1 is 1.07 bits per heavy atom. The number of benzene rings is 3. The van der Waals surface area contributed by atoms with Gasteiger partial charge >= 0.3 is 0 Å². The van der Waals surface area contributed by atoms with Crippen LogP contribution >= 0.6 is 11.6 Å². The van der Waals surface area contributed by atoms with Crippen LogP contribution in [0.15, 0.2) is 71.8 Å². The third-order valence-electron chi connectivity index (χ3n) is 4.06. The van der Waals surface area contributed by atoms with Crippen LogP contribution in [-0.2, 0) is 6.61 Å². The maximum absolute atomic E-state index is 12.5. The van der Waals surface area contributed by atoms with Crippen LogP contribution in [0.2, 0.25) is 5.02 Å². The number of carbonyl (C=O) groups excluding carboxylic acids is 1. The first kappa shape index (κ1) is 20.2. The molecule has 0 aliphatic heterocycles. The summed E-state index contributed by atoms with van der Waals surface area (Å²) in [6.45, 7) is 0.294. The molecule has 1 amide bonds. The Bertz CT molecular complexity index is 1020. The molecule has 2 N–H and O–H groups in total. The smallest absolute Gasteiger partial charge is 0.275 e. The van der Waals surface area contributed by atoms with Crippen molar-refractivity contribution in [1.82, 2.24) is 5.43 Å². The van der Waals surface area contributed by atoms with Crippen molar-refractivity contribution in [2.24, 2.45) is 5.10 Å². The minimum atomic E-state index is -0.435. The lowest BCUT2D eigenvalue weighted by Crippen LogP contribution is -2.18. The molecule has 0 aromatic heterocycles. The minimum absolute atomic E-state index is 0.0558. The van der Waals surface area contributed by atoms with Gasteiger partial charge in [-0.25, -0.2) is 5.43 Å². The van der Waals surface area contributed by atoms with Crippen LogP contribution in [0, 0.1) is 0 Å². The van der Waals surface area contributed by atoms with Crippen molar-refractivity contribution in [3.05, 3.63) is 88.4 Å². The van der Waals surface area contributed by atoms with Gasteiger partial charge in [0.1, 0.15) is 12.4 Å². The summed E-state index contributed by atoms with van der Waals surface area (Å²) in [4.78, 5) is 12.5. The van der Waals surface area contributed by atoms with Crippen molar-refractivity contribution < 1.29 is 19.4 Å². The number of nitrogens with zero attached hydrogens (tertiary/aromatic N) is 1. The second-order valence-electron chi connectivity index (χ2n) is 6.01. The maximum atomic E-state index is 12.5. The number of rotatable bonds is 7. The monoisotopic (exact) mass is 410 g/mol. The van der Waals surface area contributed by atoms with Gasteiger partial charge in [0.2, 0.25) is 0 Å². The normalized spacial score (nSPS) is 10.7. The first-order valence-corrected chi connectivity index (χ1v) is 9.12. The number of halogens is 1. The highest BCUT2D eigenvalue weighted by Gasteiger charge is 2.12. The van der Waals surface area contributed by atoms with Gasteiger partial charge in [0.15, 0.2) is 11.5 Å². The van der Waals surface area contributed by atoms with Crippen molar-refractivity contribution >= 4 is 23.7 Å². The van der Waals surface area contributed by atoms with E-state index in [1.165, 1.54) is 13.3 Å². The van der Waals surface area contributed by atoms with Gasteiger partial charge in [-0.15, -0.1) is 0 Å². The molecule has 148 valence electrons. The molecule has 0 unspecified atom stereocenters. The van der Waals surface area contributed by atoms with E-state index in [2.05, 4.69) is 10.5 Å². The van der Waals surface area contributed by atoms with E-state index in [1.807, 2.05) is 12.1 Å². The van der Waals surface area contributed by atoms with E-state index < -0.39 is 5.91 Å². The van der Waals surface area contributed by atoms with Crippen LogP contribution in [0.3, 0.4) is 0 Å². The van der Waals surface area contributed by atoms with Gasteiger partial charge in [-0.3, -0.25) is 4.79 Å². The number of phenolic OH excluding ortho intramolecular Hbond substituents is 1. The highest BCUT2D eigenvalue weighted by molar-refractivity contribution is 6.30. The van der Waals surface area contributed by atoms with E-state index >= 15 is 0 Å².